The van der Waals surface area contributed by atoms with Crippen LogP contribution >= 0.6 is 12.4 Å². The molecule has 8 heteroatoms. The summed E-state index contributed by atoms with van der Waals surface area (Å²) < 4.78 is 23.5. The average molecular weight is 316 g/mol. The van der Waals surface area contributed by atoms with Crippen molar-refractivity contribution in [3.63, 3.8) is 0 Å². The molecule has 1 aromatic heterocycles. The third kappa shape index (κ3) is 3.90. The summed E-state index contributed by atoms with van der Waals surface area (Å²) in [5, 5.41) is 16.3. The molecule has 0 bridgehead atoms. The molecule has 2 aromatic rings. The molecule has 2 heterocycles. The van der Waals surface area contributed by atoms with E-state index in [1.165, 1.54) is 12.1 Å². The number of nitrogens with one attached hydrogen (secondary N) is 1. The number of aliphatic hydroxyl groups excluding tert-OH is 1. The van der Waals surface area contributed by atoms with Gasteiger partial charge in [-0.3, -0.25) is 0 Å². The van der Waals surface area contributed by atoms with E-state index >= 15 is 0 Å². The molecule has 0 radical (unpaired) electrons. The summed E-state index contributed by atoms with van der Waals surface area (Å²) in [5.74, 6) is 0.859. The number of halogens is 2. The van der Waals surface area contributed by atoms with E-state index < -0.39 is 0 Å². The molecule has 114 valence electrons. The van der Waals surface area contributed by atoms with Gasteiger partial charge in [-0.1, -0.05) is 11.2 Å². The molecule has 1 aromatic carbocycles. The van der Waals surface area contributed by atoms with Crippen LogP contribution < -0.4 is 10.1 Å². The molecule has 2 N–H and O–H groups in total. The molecule has 6 nitrogen and oxygen atoms in total. The van der Waals surface area contributed by atoms with Gasteiger partial charge in [0, 0.05) is 12.6 Å². The molecule has 1 saturated heterocycles. The van der Waals surface area contributed by atoms with E-state index in [4.69, 9.17) is 9.26 Å². The van der Waals surface area contributed by atoms with E-state index in [9.17, 15) is 9.50 Å². The normalized spacial score (nSPS) is 21.0. The van der Waals surface area contributed by atoms with Crippen LogP contribution in [-0.2, 0) is 6.61 Å². The first-order valence-corrected chi connectivity index (χ1v) is 6.33. The van der Waals surface area contributed by atoms with Gasteiger partial charge in [0.25, 0.3) is 0 Å². The van der Waals surface area contributed by atoms with Crippen molar-refractivity contribution < 1.29 is 18.8 Å². The van der Waals surface area contributed by atoms with Gasteiger partial charge in [-0.15, -0.1) is 12.4 Å². The third-order valence-electron chi connectivity index (χ3n) is 3.05. The Morgan fingerprint density at radius 2 is 2.33 bits per heavy atom. The van der Waals surface area contributed by atoms with Crippen LogP contribution in [0.15, 0.2) is 28.8 Å². The summed E-state index contributed by atoms with van der Waals surface area (Å²) in [6.45, 7) is 0.615. The Bertz CT molecular complexity index is 596. The molecular weight excluding hydrogens is 301 g/mol. The van der Waals surface area contributed by atoms with Gasteiger partial charge in [-0.25, -0.2) is 4.39 Å². The fourth-order valence-corrected chi connectivity index (χ4v) is 2.08. The summed E-state index contributed by atoms with van der Waals surface area (Å²) in [7, 11) is 0. The lowest BCUT2D eigenvalue weighted by atomic mass is 10.2. The fourth-order valence-electron chi connectivity index (χ4n) is 2.08. The predicted octanol–water partition coefficient (Wildman–Crippen LogP) is 1.60. The van der Waals surface area contributed by atoms with Crippen LogP contribution in [0.4, 0.5) is 4.39 Å². The average Bonchev–Trinajstić information content (AvgIpc) is 3.05. The minimum absolute atomic E-state index is 0. The maximum atomic E-state index is 13.0. The minimum Gasteiger partial charge on any atom is -0.485 e. The second-order valence-corrected chi connectivity index (χ2v) is 4.65. The highest BCUT2D eigenvalue weighted by molar-refractivity contribution is 5.85. The first kappa shape index (κ1) is 15.7. The van der Waals surface area contributed by atoms with Crippen molar-refractivity contribution in [2.75, 3.05) is 6.54 Å². The molecule has 1 aliphatic heterocycles. The number of hydrogen-bond acceptors (Lipinski definition) is 6. The minimum atomic E-state index is -0.390. The molecule has 0 saturated carbocycles. The van der Waals surface area contributed by atoms with Crippen molar-refractivity contribution in [2.45, 2.75) is 25.2 Å². The molecule has 1 aliphatic rings. The standard InChI is InChI=1S/C13H14FN3O3.ClH/c14-8-2-1-3-10(4-8)19-7-12-16-13(20-17-12)11-5-9(18)6-15-11;/h1-4,9,11,15,18H,5-7H2;1H/t9-,11+;/m0./s1. The van der Waals surface area contributed by atoms with Gasteiger partial charge in [0.1, 0.15) is 11.6 Å². The zero-order chi connectivity index (χ0) is 13.9. The molecule has 0 spiro atoms. The summed E-state index contributed by atoms with van der Waals surface area (Å²) in [6, 6.07) is 5.72. The van der Waals surface area contributed by atoms with Crippen LogP contribution in [0.3, 0.4) is 0 Å². The summed E-state index contributed by atoms with van der Waals surface area (Å²) in [6.07, 6.45) is 0.158. The summed E-state index contributed by atoms with van der Waals surface area (Å²) in [5.41, 5.74) is 0. The molecule has 1 fully saturated rings. The van der Waals surface area contributed by atoms with Crippen LogP contribution in [0.5, 0.6) is 5.75 Å². The van der Waals surface area contributed by atoms with Crippen molar-refractivity contribution in [1.29, 1.82) is 0 Å². The number of hydrogen-bond donors (Lipinski definition) is 2. The van der Waals surface area contributed by atoms with E-state index in [0.717, 1.165) is 0 Å². The molecule has 0 unspecified atom stereocenters. The van der Waals surface area contributed by atoms with E-state index in [2.05, 4.69) is 15.5 Å². The zero-order valence-corrected chi connectivity index (χ0v) is 11.8. The van der Waals surface area contributed by atoms with Gasteiger partial charge in [-0.05, 0) is 18.6 Å². The monoisotopic (exact) mass is 315 g/mol. The molecule has 2 atom stereocenters. The molecule has 0 aliphatic carbocycles. The number of aromatic nitrogens is 2. The molecule has 21 heavy (non-hydrogen) atoms. The number of rotatable bonds is 4. The van der Waals surface area contributed by atoms with E-state index in [0.29, 0.717) is 30.4 Å². The lowest BCUT2D eigenvalue weighted by Crippen LogP contribution is -2.15. The maximum absolute atomic E-state index is 13.0. The van der Waals surface area contributed by atoms with Crippen LogP contribution in [-0.4, -0.2) is 27.9 Å². The Labute approximate surface area is 126 Å². The Kier molecular flexibility index (Phi) is 5.11. The van der Waals surface area contributed by atoms with Gasteiger partial charge in [-0.2, -0.15) is 4.98 Å². The highest BCUT2D eigenvalue weighted by Crippen LogP contribution is 2.22. The van der Waals surface area contributed by atoms with Crippen molar-refractivity contribution in [1.82, 2.24) is 15.5 Å². The quantitative estimate of drug-likeness (QED) is 0.892. The van der Waals surface area contributed by atoms with Crippen molar-refractivity contribution in [3.8, 4) is 5.75 Å². The highest BCUT2D eigenvalue weighted by Gasteiger charge is 2.28. The largest absolute Gasteiger partial charge is 0.485 e. The summed E-state index contributed by atoms with van der Waals surface area (Å²) >= 11 is 0. The first-order valence-electron chi connectivity index (χ1n) is 6.33. The third-order valence-corrected chi connectivity index (χ3v) is 3.05. The lowest BCUT2D eigenvalue weighted by molar-refractivity contribution is 0.191. The van der Waals surface area contributed by atoms with E-state index in [1.54, 1.807) is 12.1 Å². The molecular formula is C13H15ClFN3O3. The second-order valence-electron chi connectivity index (χ2n) is 4.65. The van der Waals surface area contributed by atoms with Gasteiger partial charge in [0.05, 0.1) is 12.1 Å². The highest BCUT2D eigenvalue weighted by atomic mass is 35.5. The Morgan fingerprint density at radius 3 is 3.05 bits per heavy atom. The van der Waals surface area contributed by atoms with Crippen LogP contribution in [0.2, 0.25) is 0 Å². The number of β-amino-alcohol motifs (C(OH)–C–C–N with tert-alkyl or cyclic N) is 1. The zero-order valence-electron chi connectivity index (χ0n) is 11.0. The number of benzene rings is 1. The van der Waals surface area contributed by atoms with Gasteiger partial charge < -0.3 is 19.7 Å². The topological polar surface area (TPSA) is 80.4 Å². The van der Waals surface area contributed by atoms with E-state index in [1.807, 2.05) is 0 Å². The smallest absolute Gasteiger partial charge is 0.244 e. The van der Waals surface area contributed by atoms with Gasteiger partial charge in [0.2, 0.25) is 11.7 Å². The van der Waals surface area contributed by atoms with Crippen molar-refractivity contribution in [2.24, 2.45) is 0 Å². The van der Waals surface area contributed by atoms with Gasteiger partial charge >= 0.3 is 0 Å². The van der Waals surface area contributed by atoms with Crippen LogP contribution in [0, 0.1) is 5.82 Å². The Morgan fingerprint density at radius 1 is 1.48 bits per heavy atom. The SMILES string of the molecule is Cl.O[C@@H]1CN[C@@H](c2nc(COc3cccc(F)c3)no2)C1. The van der Waals surface area contributed by atoms with E-state index in [-0.39, 0.29) is 37.0 Å². The van der Waals surface area contributed by atoms with Crippen LogP contribution in [0.25, 0.3) is 0 Å². The van der Waals surface area contributed by atoms with Crippen molar-refractivity contribution in [3.05, 3.63) is 41.8 Å². The Balaban J connectivity index is 0.00000161. The number of aliphatic hydroxyl groups is 1. The lowest BCUT2D eigenvalue weighted by Gasteiger charge is -2.03. The van der Waals surface area contributed by atoms with Crippen molar-refractivity contribution >= 4 is 12.4 Å². The molecule has 0 amide bonds. The second kappa shape index (κ2) is 6.84. The number of nitrogens with zero attached hydrogens (tertiary/aromatic N) is 2. The molecule has 3 rings (SSSR count). The summed E-state index contributed by atoms with van der Waals surface area (Å²) in [4.78, 5) is 4.19. The Hall–Kier alpha value is -1.70. The van der Waals surface area contributed by atoms with Gasteiger partial charge in [0.15, 0.2) is 6.61 Å². The fraction of sp³-hybridized carbons (Fsp3) is 0.385. The predicted molar refractivity (Wildman–Crippen MR) is 73.6 cm³/mol. The number of ether oxygens (including phenoxy) is 1. The van der Waals surface area contributed by atoms with Crippen LogP contribution in [0.1, 0.15) is 24.2 Å². The first-order chi connectivity index (χ1) is 9.70. The maximum Gasteiger partial charge on any atom is 0.244 e.